The van der Waals surface area contributed by atoms with Crippen LogP contribution in [0.5, 0.6) is 11.5 Å². The van der Waals surface area contributed by atoms with Crippen molar-refractivity contribution < 1.29 is 19.4 Å². The van der Waals surface area contributed by atoms with Crippen molar-refractivity contribution in [3.8, 4) is 11.5 Å². The molecule has 5 nitrogen and oxygen atoms in total. The van der Waals surface area contributed by atoms with Gasteiger partial charge in [0.2, 0.25) is 6.10 Å². The Bertz CT molecular complexity index is 736. The van der Waals surface area contributed by atoms with E-state index in [1.165, 1.54) is 0 Å². The average Bonchev–Trinajstić information content (AvgIpc) is 2.58. The number of benzene rings is 2. The third-order valence-corrected chi connectivity index (χ3v) is 4.04. The van der Waals surface area contributed by atoms with Gasteiger partial charge < -0.3 is 19.9 Å². The van der Waals surface area contributed by atoms with Gasteiger partial charge in [-0.1, -0.05) is 35.9 Å². The summed E-state index contributed by atoms with van der Waals surface area (Å²) < 4.78 is 11.4. The molecule has 6 heteroatoms. The second kappa shape index (κ2) is 7.11. The first kappa shape index (κ1) is 16.6. The summed E-state index contributed by atoms with van der Waals surface area (Å²) in [6, 6.07) is 14.1. The Morgan fingerprint density at radius 3 is 2.62 bits per heavy atom. The molecule has 0 fully saturated rings. The lowest BCUT2D eigenvalue weighted by Gasteiger charge is -2.31. The van der Waals surface area contributed by atoms with Crippen molar-refractivity contribution in [3.05, 3.63) is 59.1 Å². The topological polar surface area (TPSA) is 67.8 Å². The van der Waals surface area contributed by atoms with Gasteiger partial charge in [0.25, 0.3) is 5.91 Å². The number of carbonyl (C=O) groups is 1. The van der Waals surface area contributed by atoms with E-state index in [4.69, 9.17) is 21.1 Å². The van der Waals surface area contributed by atoms with Gasteiger partial charge in [0.15, 0.2) is 11.5 Å². The van der Waals surface area contributed by atoms with Crippen LogP contribution in [0.15, 0.2) is 48.5 Å². The molecule has 24 heavy (non-hydrogen) atoms. The number of aliphatic hydroxyl groups excluding tert-OH is 1. The molecule has 0 saturated carbocycles. The zero-order valence-electron chi connectivity index (χ0n) is 13.1. The van der Waals surface area contributed by atoms with Crippen molar-refractivity contribution in [1.82, 2.24) is 5.32 Å². The molecule has 0 aromatic heterocycles. The van der Waals surface area contributed by atoms with Crippen LogP contribution in [0.1, 0.15) is 18.6 Å². The van der Waals surface area contributed by atoms with E-state index in [1.807, 2.05) is 12.1 Å². The van der Waals surface area contributed by atoms with Crippen molar-refractivity contribution in [3.63, 3.8) is 0 Å². The Morgan fingerprint density at radius 2 is 1.92 bits per heavy atom. The van der Waals surface area contributed by atoms with Gasteiger partial charge in [-0.15, -0.1) is 0 Å². The highest BCUT2D eigenvalue weighted by Crippen LogP contribution is 2.33. The number of rotatable bonds is 4. The normalized spacial score (nSPS) is 20.3. The highest BCUT2D eigenvalue weighted by atomic mass is 35.5. The quantitative estimate of drug-likeness (QED) is 0.892. The van der Waals surface area contributed by atoms with Crippen molar-refractivity contribution >= 4 is 17.5 Å². The first-order valence-corrected chi connectivity index (χ1v) is 8.06. The minimum absolute atomic E-state index is 0.0629. The first-order valence-electron chi connectivity index (χ1n) is 7.68. The van der Waals surface area contributed by atoms with Gasteiger partial charge in [-0.2, -0.15) is 0 Å². The van der Waals surface area contributed by atoms with E-state index in [9.17, 15) is 9.90 Å². The Balaban J connectivity index is 1.61. The summed E-state index contributed by atoms with van der Waals surface area (Å²) in [5.74, 6) is 0.817. The monoisotopic (exact) mass is 347 g/mol. The predicted octanol–water partition coefficient (Wildman–Crippen LogP) is 2.72. The van der Waals surface area contributed by atoms with Gasteiger partial charge in [0, 0.05) is 11.6 Å². The number of hydrogen-bond donors (Lipinski definition) is 2. The number of nitrogens with one attached hydrogen (secondary N) is 1. The fourth-order valence-corrected chi connectivity index (χ4v) is 2.73. The summed E-state index contributed by atoms with van der Waals surface area (Å²) in [6.07, 6.45) is -2.05. The molecule has 3 rings (SSSR count). The molecule has 0 bridgehead atoms. The van der Waals surface area contributed by atoms with E-state index in [0.29, 0.717) is 22.1 Å². The lowest BCUT2D eigenvalue weighted by atomic mass is 10.1. The third kappa shape index (κ3) is 3.63. The van der Waals surface area contributed by atoms with Crippen LogP contribution in [0.2, 0.25) is 5.02 Å². The van der Waals surface area contributed by atoms with E-state index < -0.39 is 18.3 Å². The van der Waals surface area contributed by atoms with Crippen LogP contribution >= 0.6 is 11.6 Å². The summed E-state index contributed by atoms with van der Waals surface area (Å²) >= 11 is 5.91. The molecule has 0 radical (unpaired) electrons. The van der Waals surface area contributed by atoms with Gasteiger partial charge in [-0.3, -0.25) is 4.79 Å². The molecule has 1 aliphatic rings. The van der Waals surface area contributed by atoms with Crippen molar-refractivity contribution in [1.29, 1.82) is 0 Å². The van der Waals surface area contributed by atoms with Gasteiger partial charge in [0.1, 0.15) is 6.10 Å². The van der Waals surface area contributed by atoms with E-state index in [-0.39, 0.29) is 12.5 Å². The highest BCUT2D eigenvalue weighted by Gasteiger charge is 2.34. The number of fused-ring (bicyclic) bond motifs is 1. The summed E-state index contributed by atoms with van der Waals surface area (Å²) in [7, 11) is 0. The van der Waals surface area contributed by atoms with Crippen LogP contribution in [-0.4, -0.2) is 29.8 Å². The molecule has 126 valence electrons. The average molecular weight is 348 g/mol. The number of amides is 1. The number of para-hydroxylation sites is 2. The van der Waals surface area contributed by atoms with Crippen LogP contribution < -0.4 is 14.8 Å². The van der Waals surface area contributed by atoms with E-state index in [0.717, 1.165) is 0 Å². The summed E-state index contributed by atoms with van der Waals surface area (Å²) in [5.41, 5.74) is 0.641. The SMILES string of the molecule is CC1Oc2ccccc2OC1C(=O)NCC(O)c1cccc(Cl)c1. The molecule has 2 N–H and O–H groups in total. The van der Waals surface area contributed by atoms with Crippen LogP contribution in [0.3, 0.4) is 0 Å². The van der Waals surface area contributed by atoms with Gasteiger partial charge in [-0.05, 0) is 36.8 Å². The fraction of sp³-hybridized carbons (Fsp3) is 0.278. The lowest BCUT2D eigenvalue weighted by molar-refractivity contribution is -0.133. The van der Waals surface area contributed by atoms with Crippen LogP contribution in [0.25, 0.3) is 0 Å². The maximum atomic E-state index is 12.4. The Labute approximate surface area is 145 Å². The maximum absolute atomic E-state index is 12.4. The molecule has 2 aromatic carbocycles. The molecule has 1 aliphatic heterocycles. The largest absolute Gasteiger partial charge is 0.482 e. The standard InChI is InChI=1S/C18H18ClNO4/c1-11-17(24-16-8-3-2-7-15(16)23-11)18(22)20-10-14(21)12-5-4-6-13(19)9-12/h2-9,11,14,17,21H,10H2,1H3,(H,20,22). The van der Waals surface area contributed by atoms with Gasteiger partial charge in [0.05, 0.1) is 6.10 Å². The molecular weight excluding hydrogens is 330 g/mol. The Kier molecular flexibility index (Phi) is 4.92. The summed E-state index contributed by atoms with van der Waals surface area (Å²) in [5, 5.41) is 13.4. The number of carbonyl (C=O) groups excluding carboxylic acids is 1. The summed E-state index contributed by atoms with van der Waals surface area (Å²) in [4.78, 5) is 12.4. The van der Waals surface area contributed by atoms with Crippen LogP contribution in [-0.2, 0) is 4.79 Å². The molecule has 0 aliphatic carbocycles. The number of ether oxygens (including phenoxy) is 2. The van der Waals surface area contributed by atoms with Crippen molar-refractivity contribution in [2.45, 2.75) is 25.2 Å². The van der Waals surface area contributed by atoms with Gasteiger partial charge >= 0.3 is 0 Å². The Hall–Kier alpha value is -2.24. The number of aliphatic hydroxyl groups is 1. The molecule has 0 spiro atoms. The maximum Gasteiger partial charge on any atom is 0.265 e. The van der Waals surface area contributed by atoms with Crippen molar-refractivity contribution in [2.24, 2.45) is 0 Å². The fourth-order valence-electron chi connectivity index (χ4n) is 2.54. The molecule has 0 saturated heterocycles. The van der Waals surface area contributed by atoms with Crippen molar-refractivity contribution in [2.75, 3.05) is 6.54 Å². The molecule has 1 heterocycles. The number of halogens is 1. The lowest BCUT2D eigenvalue weighted by Crippen LogP contribution is -2.49. The van der Waals surface area contributed by atoms with E-state index >= 15 is 0 Å². The second-order valence-electron chi connectivity index (χ2n) is 5.62. The molecule has 2 aromatic rings. The smallest absolute Gasteiger partial charge is 0.265 e. The third-order valence-electron chi connectivity index (χ3n) is 3.80. The molecule has 3 unspecified atom stereocenters. The molecular formula is C18H18ClNO4. The van der Waals surface area contributed by atoms with E-state index in [1.54, 1.807) is 43.3 Å². The van der Waals surface area contributed by atoms with Gasteiger partial charge in [-0.25, -0.2) is 0 Å². The zero-order chi connectivity index (χ0) is 17.1. The molecule has 3 atom stereocenters. The van der Waals surface area contributed by atoms with Crippen LogP contribution in [0.4, 0.5) is 0 Å². The Morgan fingerprint density at radius 1 is 1.21 bits per heavy atom. The number of hydrogen-bond acceptors (Lipinski definition) is 4. The second-order valence-corrected chi connectivity index (χ2v) is 6.06. The minimum Gasteiger partial charge on any atom is -0.482 e. The zero-order valence-corrected chi connectivity index (χ0v) is 13.9. The van der Waals surface area contributed by atoms with Crippen LogP contribution in [0, 0.1) is 0 Å². The summed E-state index contributed by atoms with van der Waals surface area (Å²) in [6.45, 7) is 1.83. The predicted molar refractivity (Wildman–Crippen MR) is 90.4 cm³/mol. The molecule has 1 amide bonds. The van der Waals surface area contributed by atoms with E-state index in [2.05, 4.69) is 5.32 Å². The first-order chi connectivity index (χ1) is 11.5. The highest BCUT2D eigenvalue weighted by molar-refractivity contribution is 6.30. The minimum atomic E-state index is -0.847.